The highest BCUT2D eigenvalue weighted by molar-refractivity contribution is 5.76. The van der Waals surface area contributed by atoms with E-state index in [1.165, 1.54) is 5.06 Å². The maximum Gasteiger partial charge on any atom is 0.300 e. The van der Waals surface area contributed by atoms with Gasteiger partial charge in [-0.05, 0) is 19.1 Å². The van der Waals surface area contributed by atoms with Crippen molar-refractivity contribution in [3.8, 4) is 5.75 Å². The van der Waals surface area contributed by atoms with Crippen molar-refractivity contribution in [2.75, 3.05) is 20.3 Å². The van der Waals surface area contributed by atoms with Crippen molar-refractivity contribution in [1.82, 2.24) is 5.06 Å². The van der Waals surface area contributed by atoms with Gasteiger partial charge >= 0.3 is 0 Å². The number of amides is 1. The largest absolute Gasteiger partial charge is 0.481 e. The van der Waals surface area contributed by atoms with Gasteiger partial charge in [0, 0.05) is 20.6 Å². The van der Waals surface area contributed by atoms with Crippen LogP contribution in [0.1, 0.15) is 13.8 Å². The third kappa shape index (κ3) is 9.61. The Morgan fingerprint density at radius 1 is 1.26 bits per heavy atom. The predicted molar refractivity (Wildman–Crippen MR) is 69.6 cm³/mol. The molecule has 0 radical (unpaired) electrons. The number of carboxylic acid groups (broad SMARTS) is 1. The van der Waals surface area contributed by atoms with E-state index < -0.39 is 5.97 Å². The second kappa shape index (κ2) is 9.90. The summed E-state index contributed by atoms with van der Waals surface area (Å²) in [6, 6.07) is 9.14. The molecule has 1 amide bonds. The molecule has 1 N–H and O–H groups in total. The fourth-order valence-corrected chi connectivity index (χ4v) is 0.971. The first-order valence-corrected chi connectivity index (χ1v) is 5.74. The third-order valence-corrected chi connectivity index (χ3v) is 1.77. The number of carbonyl (C=O) groups is 2. The normalized spacial score (nSPS) is 9.00. The number of carbonyl (C=O) groups excluding carboxylic acids is 1. The average Bonchev–Trinajstić information content (AvgIpc) is 2.36. The van der Waals surface area contributed by atoms with Crippen molar-refractivity contribution in [1.29, 1.82) is 0 Å². The number of hydrogen-bond donors (Lipinski definition) is 1. The highest BCUT2D eigenvalue weighted by Gasteiger charge is 2.09. The molecule has 6 nitrogen and oxygen atoms in total. The van der Waals surface area contributed by atoms with Gasteiger partial charge in [0.1, 0.15) is 6.61 Å². The topological polar surface area (TPSA) is 76.1 Å². The number of hydrogen-bond acceptors (Lipinski definition) is 4. The Hall–Kier alpha value is -2.08. The molecule has 6 heteroatoms. The van der Waals surface area contributed by atoms with Crippen molar-refractivity contribution in [2.45, 2.75) is 13.8 Å². The van der Waals surface area contributed by atoms with E-state index in [0.717, 1.165) is 6.92 Å². The Labute approximate surface area is 112 Å². The zero-order valence-corrected chi connectivity index (χ0v) is 11.3. The third-order valence-electron chi connectivity index (χ3n) is 1.77. The van der Waals surface area contributed by atoms with Gasteiger partial charge in [-0.2, -0.15) is 5.06 Å². The lowest BCUT2D eigenvalue weighted by Crippen LogP contribution is -2.33. The van der Waals surface area contributed by atoms with E-state index in [9.17, 15) is 4.79 Å². The fraction of sp³-hybridized carbons (Fsp3) is 0.385. The quantitative estimate of drug-likeness (QED) is 0.821. The van der Waals surface area contributed by atoms with Gasteiger partial charge in [-0.25, -0.2) is 0 Å². The molecule has 0 aliphatic carbocycles. The molecule has 0 aliphatic heterocycles. The Kier molecular flexibility index (Phi) is 8.82. The average molecular weight is 269 g/mol. The number of hydroxylamine groups is 2. The van der Waals surface area contributed by atoms with Crippen LogP contribution in [0.5, 0.6) is 5.75 Å². The monoisotopic (exact) mass is 269 g/mol. The molecule has 1 rings (SSSR count). The number of para-hydroxylation sites is 1. The molecule has 19 heavy (non-hydrogen) atoms. The van der Waals surface area contributed by atoms with E-state index in [1.807, 2.05) is 25.1 Å². The van der Waals surface area contributed by atoms with E-state index in [4.69, 9.17) is 19.5 Å². The zero-order chi connectivity index (χ0) is 14.7. The summed E-state index contributed by atoms with van der Waals surface area (Å²) in [5.74, 6) is -0.412. The first kappa shape index (κ1) is 16.9. The van der Waals surface area contributed by atoms with Crippen LogP contribution in [0, 0.1) is 0 Å². The lowest BCUT2D eigenvalue weighted by Gasteiger charge is -2.17. The standard InChI is InChI=1S/C11H15NO3.C2H4O2/c1-3-14-9-11(13)12(2)15-10-7-5-4-6-8-10;1-2(3)4/h4-8H,3,9H2,1-2H3;1H3,(H,3,4). The molecule has 0 spiro atoms. The van der Waals surface area contributed by atoms with Crippen LogP contribution in [0.4, 0.5) is 0 Å². The molecule has 0 heterocycles. The van der Waals surface area contributed by atoms with Crippen LogP contribution in [0.15, 0.2) is 30.3 Å². The summed E-state index contributed by atoms with van der Waals surface area (Å²) in [6.07, 6.45) is 0. The van der Waals surface area contributed by atoms with E-state index in [2.05, 4.69) is 0 Å². The van der Waals surface area contributed by atoms with Crippen LogP contribution in [-0.4, -0.2) is 42.3 Å². The van der Waals surface area contributed by atoms with Gasteiger partial charge < -0.3 is 14.7 Å². The van der Waals surface area contributed by atoms with E-state index >= 15 is 0 Å². The van der Waals surface area contributed by atoms with Crippen LogP contribution >= 0.6 is 0 Å². The summed E-state index contributed by atoms with van der Waals surface area (Å²) < 4.78 is 4.98. The SMILES string of the molecule is CC(=O)O.CCOCC(=O)N(C)Oc1ccccc1. The van der Waals surface area contributed by atoms with Crippen LogP contribution in [0.25, 0.3) is 0 Å². The first-order chi connectivity index (χ1) is 8.97. The summed E-state index contributed by atoms with van der Waals surface area (Å²) >= 11 is 0. The van der Waals surface area contributed by atoms with Crippen LogP contribution in [0.2, 0.25) is 0 Å². The fourth-order valence-electron chi connectivity index (χ4n) is 0.971. The number of carboxylic acids is 1. The van der Waals surface area contributed by atoms with Crippen LogP contribution < -0.4 is 4.84 Å². The lowest BCUT2D eigenvalue weighted by atomic mass is 10.3. The molecular formula is C13H19NO5. The van der Waals surface area contributed by atoms with Crippen molar-refractivity contribution >= 4 is 11.9 Å². The predicted octanol–water partition coefficient (Wildman–Crippen LogP) is 1.57. The molecule has 106 valence electrons. The maximum atomic E-state index is 11.4. The maximum absolute atomic E-state index is 11.4. The highest BCUT2D eigenvalue weighted by atomic mass is 16.7. The van der Waals surface area contributed by atoms with Gasteiger partial charge in [0.25, 0.3) is 11.9 Å². The van der Waals surface area contributed by atoms with Gasteiger partial charge in [-0.3, -0.25) is 9.59 Å². The minimum Gasteiger partial charge on any atom is -0.481 e. The summed E-state index contributed by atoms with van der Waals surface area (Å²) in [7, 11) is 1.56. The summed E-state index contributed by atoms with van der Waals surface area (Å²) in [5.41, 5.74) is 0. The molecule has 0 saturated carbocycles. The first-order valence-electron chi connectivity index (χ1n) is 5.74. The minimum atomic E-state index is -0.833. The van der Waals surface area contributed by atoms with Crippen LogP contribution in [0.3, 0.4) is 0 Å². The van der Waals surface area contributed by atoms with Crippen molar-refractivity contribution in [2.24, 2.45) is 0 Å². The number of benzene rings is 1. The highest BCUT2D eigenvalue weighted by Crippen LogP contribution is 2.09. The Morgan fingerprint density at radius 3 is 2.26 bits per heavy atom. The van der Waals surface area contributed by atoms with Gasteiger partial charge in [0.2, 0.25) is 0 Å². The number of ether oxygens (including phenoxy) is 1. The van der Waals surface area contributed by atoms with Gasteiger partial charge in [-0.15, -0.1) is 0 Å². The van der Waals surface area contributed by atoms with Crippen LogP contribution in [-0.2, 0) is 14.3 Å². The second-order valence-corrected chi connectivity index (χ2v) is 3.45. The van der Waals surface area contributed by atoms with Gasteiger partial charge in [-0.1, -0.05) is 18.2 Å². The zero-order valence-electron chi connectivity index (χ0n) is 11.3. The van der Waals surface area contributed by atoms with Crippen molar-refractivity contribution in [3.05, 3.63) is 30.3 Å². The number of nitrogens with zero attached hydrogens (tertiary/aromatic N) is 1. The molecule has 0 atom stereocenters. The summed E-state index contributed by atoms with van der Waals surface area (Å²) in [6.45, 7) is 3.48. The Morgan fingerprint density at radius 2 is 1.79 bits per heavy atom. The molecule has 0 aliphatic rings. The lowest BCUT2D eigenvalue weighted by molar-refractivity contribution is -0.157. The summed E-state index contributed by atoms with van der Waals surface area (Å²) in [4.78, 5) is 25.7. The second-order valence-electron chi connectivity index (χ2n) is 3.45. The summed E-state index contributed by atoms with van der Waals surface area (Å²) in [5, 5.41) is 8.59. The Bertz CT molecular complexity index is 376. The number of rotatable bonds is 5. The minimum absolute atomic E-state index is 0.0415. The molecule has 0 unspecified atom stereocenters. The molecule has 0 saturated heterocycles. The van der Waals surface area contributed by atoms with E-state index in [0.29, 0.717) is 12.4 Å². The van der Waals surface area contributed by atoms with E-state index in [1.54, 1.807) is 19.2 Å². The number of likely N-dealkylation sites (N-methyl/N-ethyl adjacent to an activating group) is 1. The van der Waals surface area contributed by atoms with Gasteiger partial charge in [0.05, 0.1) is 0 Å². The molecule has 0 bridgehead atoms. The van der Waals surface area contributed by atoms with Crippen molar-refractivity contribution in [3.63, 3.8) is 0 Å². The smallest absolute Gasteiger partial charge is 0.300 e. The van der Waals surface area contributed by atoms with Gasteiger partial charge in [0.15, 0.2) is 5.75 Å². The number of aliphatic carboxylic acids is 1. The Balaban J connectivity index is 0.000000711. The molecule has 1 aromatic rings. The molecule has 1 aromatic carbocycles. The van der Waals surface area contributed by atoms with E-state index in [-0.39, 0.29) is 12.5 Å². The molecule has 0 fully saturated rings. The molecular weight excluding hydrogens is 250 g/mol. The molecule has 0 aromatic heterocycles. The van der Waals surface area contributed by atoms with Crippen molar-refractivity contribution < 1.29 is 24.3 Å².